The van der Waals surface area contributed by atoms with Crippen LogP contribution in [0.5, 0.6) is 0 Å². The molecule has 0 saturated carbocycles. The smallest absolute Gasteiger partial charge is 0.137 e. The molecule has 6 nitrogen and oxygen atoms in total. The van der Waals surface area contributed by atoms with Crippen LogP contribution in [0.2, 0.25) is 0 Å². The zero-order valence-electron chi connectivity index (χ0n) is 10.0. The SMILES string of the molecule is C[C@H](O)[C@H](Nc1ncnc2ccc(Br)cc12)C(=O)[O-]. The second-order valence-corrected chi connectivity index (χ2v) is 4.98. The van der Waals surface area contributed by atoms with E-state index in [1.54, 1.807) is 12.1 Å². The highest BCUT2D eigenvalue weighted by Crippen LogP contribution is 2.23. The number of hydrogen-bond donors (Lipinski definition) is 2. The van der Waals surface area contributed by atoms with Gasteiger partial charge < -0.3 is 20.3 Å². The van der Waals surface area contributed by atoms with E-state index in [0.29, 0.717) is 16.7 Å². The lowest BCUT2D eigenvalue weighted by molar-refractivity contribution is -0.308. The number of rotatable bonds is 4. The van der Waals surface area contributed by atoms with E-state index in [9.17, 15) is 15.0 Å². The van der Waals surface area contributed by atoms with Crippen molar-refractivity contribution in [3.05, 3.63) is 29.0 Å². The first kappa shape index (κ1) is 13.7. The highest BCUT2D eigenvalue weighted by molar-refractivity contribution is 9.10. The minimum absolute atomic E-state index is 0.335. The average Bonchev–Trinajstić information content (AvgIpc) is 2.35. The topological polar surface area (TPSA) is 98.2 Å². The lowest BCUT2D eigenvalue weighted by atomic mass is 10.1. The Balaban J connectivity index is 2.44. The molecule has 0 saturated heterocycles. The fourth-order valence-electron chi connectivity index (χ4n) is 1.67. The number of carbonyl (C=O) groups is 1. The van der Waals surface area contributed by atoms with Gasteiger partial charge in [-0.2, -0.15) is 0 Å². The van der Waals surface area contributed by atoms with Gasteiger partial charge >= 0.3 is 0 Å². The number of aromatic nitrogens is 2. The summed E-state index contributed by atoms with van der Waals surface area (Å²) < 4.78 is 0.819. The Morgan fingerprint density at radius 2 is 2.21 bits per heavy atom. The van der Waals surface area contributed by atoms with Crippen LogP contribution in [-0.4, -0.2) is 33.2 Å². The predicted octanol–water partition coefficient (Wildman–Crippen LogP) is 0.303. The number of fused-ring (bicyclic) bond motifs is 1. The average molecular weight is 325 g/mol. The van der Waals surface area contributed by atoms with Crippen molar-refractivity contribution in [1.82, 2.24) is 9.97 Å². The second kappa shape index (κ2) is 5.50. The van der Waals surface area contributed by atoms with Gasteiger partial charge in [0, 0.05) is 9.86 Å². The van der Waals surface area contributed by atoms with Crippen LogP contribution in [0.3, 0.4) is 0 Å². The maximum Gasteiger partial charge on any atom is 0.137 e. The largest absolute Gasteiger partial charge is 0.548 e. The van der Waals surface area contributed by atoms with Crippen LogP contribution < -0.4 is 10.4 Å². The molecule has 2 N–H and O–H groups in total. The van der Waals surface area contributed by atoms with Crippen LogP contribution in [0.4, 0.5) is 5.82 Å². The van der Waals surface area contributed by atoms with Crippen molar-refractivity contribution in [3.8, 4) is 0 Å². The Hall–Kier alpha value is -1.73. The Kier molecular flexibility index (Phi) is 3.96. The fraction of sp³-hybridized carbons (Fsp3) is 0.250. The molecule has 0 aliphatic carbocycles. The van der Waals surface area contributed by atoms with Gasteiger partial charge in [0.25, 0.3) is 0 Å². The maximum absolute atomic E-state index is 11.0. The third-order valence-electron chi connectivity index (χ3n) is 2.63. The minimum Gasteiger partial charge on any atom is -0.548 e. The molecule has 0 amide bonds. The standard InChI is InChI=1S/C12H12BrN3O3/c1-6(17)10(12(18)19)16-11-8-4-7(13)2-3-9(8)14-5-15-11/h2-6,10,17H,1H3,(H,18,19)(H,14,15,16)/p-1/t6-,10-/m0/s1. The Morgan fingerprint density at radius 3 is 2.84 bits per heavy atom. The third kappa shape index (κ3) is 2.99. The summed E-state index contributed by atoms with van der Waals surface area (Å²) in [4.78, 5) is 19.1. The van der Waals surface area contributed by atoms with Crippen LogP contribution >= 0.6 is 15.9 Å². The van der Waals surface area contributed by atoms with E-state index in [-0.39, 0.29) is 0 Å². The number of aliphatic hydroxyl groups excluding tert-OH is 1. The van der Waals surface area contributed by atoms with Gasteiger partial charge in [-0.25, -0.2) is 9.97 Å². The Labute approximate surface area is 117 Å². The molecule has 0 bridgehead atoms. The highest BCUT2D eigenvalue weighted by Gasteiger charge is 2.17. The molecule has 1 heterocycles. The molecular weight excluding hydrogens is 314 g/mol. The van der Waals surface area contributed by atoms with Crippen molar-refractivity contribution < 1.29 is 15.0 Å². The van der Waals surface area contributed by atoms with E-state index in [4.69, 9.17) is 0 Å². The van der Waals surface area contributed by atoms with Crippen molar-refractivity contribution in [1.29, 1.82) is 0 Å². The van der Waals surface area contributed by atoms with Crippen molar-refractivity contribution in [2.75, 3.05) is 5.32 Å². The number of hydrogen-bond acceptors (Lipinski definition) is 6. The number of anilines is 1. The van der Waals surface area contributed by atoms with Gasteiger partial charge in [0.2, 0.25) is 0 Å². The number of halogens is 1. The molecule has 1 aromatic carbocycles. The molecule has 0 radical (unpaired) electrons. The first-order valence-corrected chi connectivity index (χ1v) is 6.34. The minimum atomic E-state index is -1.39. The Bertz CT molecular complexity index is 618. The van der Waals surface area contributed by atoms with E-state index in [1.165, 1.54) is 13.3 Å². The van der Waals surface area contributed by atoms with Crippen molar-refractivity contribution >= 4 is 38.6 Å². The summed E-state index contributed by atoms with van der Waals surface area (Å²) in [5.74, 6) is -1.06. The molecule has 7 heteroatoms. The van der Waals surface area contributed by atoms with Crippen LogP contribution in [0.1, 0.15) is 6.92 Å². The summed E-state index contributed by atoms with van der Waals surface area (Å²) in [7, 11) is 0. The molecule has 2 aromatic rings. The van der Waals surface area contributed by atoms with Gasteiger partial charge in [-0.15, -0.1) is 0 Å². The summed E-state index contributed by atoms with van der Waals surface area (Å²) in [6.45, 7) is 1.37. The first-order valence-electron chi connectivity index (χ1n) is 5.55. The van der Waals surface area contributed by atoms with Crippen molar-refractivity contribution in [2.45, 2.75) is 19.1 Å². The van der Waals surface area contributed by atoms with E-state index < -0.39 is 18.1 Å². The molecule has 0 fully saturated rings. The van der Waals surface area contributed by atoms with E-state index in [2.05, 4.69) is 31.2 Å². The molecule has 0 spiro atoms. The highest BCUT2D eigenvalue weighted by atomic mass is 79.9. The maximum atomic E-state index is 11.0. The van der Waals surface area contributed by atoms with E-state index in [0.717, 1.165) is 4.47 Å². The summed E-state index contributed by atoms with van der Waals surface area (Å²) in [5.41, 5.74) is 0.670. The first-order chi connectivity index (χ1) is 8.99. The predicted molar refractivity (Wildman–Crippen MR) is 71.3 cm³/mol. The quantitative estimate of drug-likeness (QED) is 0.839. The summed E-state index contributed by atoms with van der Waals surface area (Å²) in [5, 5.41) is 23.7. The van der Waals surface area contributed by atoms with Gasteiger partial charge in [0.15, 0.2) is 0 Å². The molecule has 100 valence electrons. The molecule has 19 heavy (non-hydrogen) atoms. The van der Waals surface area contributed by atoms with Gasteiger partial charge in [0.1, 0.15) is 12.1 Å². The van der Waals surface area contributed by atoms with E-state index in [1.807, 2.05) is 6.07 Å². The summed E-state index contributed by atoms with van der Waals surface area (Å²) >= 11 is 3.33. The number of benzene rings is 1. The molecule has 0 aliphatic rings. The Morgan fingerprint density at radius 1 is 1.47 bits per heavy atom. The fourth-order valence-corrected chi connectivity index (χ4v) is 2.03. The number of nitrogens with zero attached hydrogens (tertiary/aromatic N) is 2. The molecular formula is C12H11BrN3O3-. The zero-order chi connectivity index (χ0) is 14.0. The summed E-state index contributed by atoms with van der Waals surface area (Å²) in [6, 6.07) is 4.13. The van der Waals surface area contributed by atoms with E-state index >= 15 is 0 Å². The zero-order valence-corrected chi connectivity index (χ0v) is 11.6. The summed E-state index contributed by atoms with van der Waals surface area (Å²) in [6.07, 6.45) is 0.217. The number of carbonyl (C=O) groups excluding carboxylic acids is 1. The number of nitrogens with one attached hydrogen (secondary N) is 1. The molecule has 1 aromatic heterocycles. The monoisotopic (exact) mass is 324 g/mol. The number of carboxylic acids is 1. The normalized spacial score (nSPS) is 14.1. The number of carboxylic acid groups (broad SMARTS) is 1. The molecule has 2 rings (SSSR count). The molecule has 0 aliphatic heterocycles. The van der Waals surface area contributed by atoms with Gasteiger partial charge in [-0.05, 0) is 25.1 Å². The van der Waals surface area contributed by atoms with Gasteiger partial charge in [-0.3, -0.25) is 0 Å². The van der Waals surface area contributed by atoms with Crippen molar-refractivity contribution in [3.63, 3.8) is 0 Å². The second-order valence-electron chi connectivity index (χ2n) is 4.07. The third-order valence-corrected chi connectivity index (χ3v) is 3.12. The molecule has 0 unspecified atom stereocenters. The number of aliphatic carboxylic acids is 1. The van der Waals surface area contributed by atoms with Crippen LogP contribution in [0, 0.1) is 0 Å². The lowest BCUT2D eigenvalue weighted by Gasteiger charge is -2.23. The number of aliphatic hydroxyl groups is 1. The van der Waals surface area contributed by atoms with Gasteiger partial charge in [0.05, 0.1) is 23.6 Å². The van der Waals surface area contributed by atoms with Crippen LogP contribution in [-0.2, 0) is 4.79 Å². The van der Waals surface area contributed by atoms with Crippen LogP contribution in [0.15, 0.2) is 29.0 Å². The molecule has 2 atom stereocenters. The van der Waals surface area contributed by atoms with Gasteiger partial charge in [-0.1, -0.05) is 15.9 Å². The van der Waals surface area contributed by atoms with Crippen molar-refractivity contribution in [2.24, 2.45) is 0 Å². The van der Waals surface area contributed by atoms with Crippen LogP contribution in [0.25, 0.3) is 10.9 Å². The lowest BCUT2D eigenvalue weighted by Crippen LogP contribution is -2.47.